The van der Waals surface area contributed by atoms with Gasteiger partial charge in [0.15, 0.2) is 28.9 Å². The molecule has 37 nitrogen and oxygen atoms in total. The molecule has 67 heteroatoms. The number of Topliss-reactive ketones (excluding diaryl/α,β-unsaturated/α-hetero) is 5. The third-order valence-corrected chi connectivity index (χ3v) is 14.1. The van der Waals surface area contributed by atoms with Crippen LogP contribution in [0.1, 0.15) is 122 Å². The Hall–Kier alpha value is 2.90. The molecule has 0 spiro atoms. The molecular formula is C77H112F4N17NaO20V25. The van der Waals surface area contributed by atoms with Gasteiger partial charge in [0, 0.05) is 620 Å². The number of benzene rings is 6. The second-order valence-corrected chi connectivity index (χ2v) is 21.5. The van der Waals surface area contributed by atoms with Crippen LogP contribution in [0.25, 0.3) is 28.0 Å². The van der Waals surface area contributed by atoms with Gasteiger partial charge in [-0.15, -0.1) is 0 Å². The van der Waals surface area contributed by atoms with E-state index in [2.05, 4.69) is 55.8 Å². The van der Waals surface area contributed by atoms with E-state index in [0.717, 1.165) is 40.1 Å². The number of carbonyl (C=O) groups excluding carboxylic acids is 6. The van der Waals surface area contributed by atoms with Crippen LogP contribution < -0.4 is 62.7 Å². The average molecular weight is 2970 g/mol. The average Bonchev–Trinajstić information content (AvgIpc) is 1.70. The summed E-state index contributed by atoms with van der Waals surface area (Å²) in [6.07, 6.45) is 12.6. The number of hydrogen-bond acceptors (Lipinski definition) is 29. The molecule has 0 aliphatic heterocycles. The molecule has 144 heavy (non-hydrogen) atoms. The zero-order chi connectivity index (χ0) is 93.4. The number of nitrogens with one attached hydrogen (secondary N) is 4. The van der Waals surface area contributed by atoms with Crippen molar-refractivity contribution in [2.75, 3.05) is 126 Å². The first kappa shape index (κ1) is 225. The number of fused-ring (bicyclic) bond motifs is 2. The van der Waals surface area contributed by atoms with Gasteiger partial charge in [-0.25, -0.2) is 29.5 Å². The molecule has 0 saturated carbocycles. The molecule has 0 amide bonds. The van der Waals surface area contributed by atoms with Gasteiger partial charge in [-0.2, -0.15) is 4.39 Å². The molecule has 25 radical (unpaired) electrons. The van der Waals surface area contributed by atoms with E-state index < -0.39 is 61.2 Å². The van der Waals surface area contributed by atoms with Crippen LogP contribution in [0.15, 0.2) is 159 Å². The molecule has 0 saturated heterocycles. The quantitative estimate of drug-likeness (QED) is 0.00777. The Balaban J connectivity index is -0.0000000325. The van der Waals surface area contributed by atoms with Crippen molar-refractivity contribution in [3.8, 4) is 0 Å². The van der Waals surface area contributed by atoms with Crippen molar-refractivity contribution in [2.24, 2.45) is 19.8 Å². The van der Waals surface area contributed by atoms with Crippen molar-refractivity contribution in [1.29, 1.82) is 0 Å². The number of carboxylic acids is 1. The minimum Gasteiger partial charge on any atom is -0.553 e. The van der Waals surface area contributed by atoms with Crippen molar-refractivity contribution in [2.45, 2.75) is 68.3 Å². The van der Waals surface area contributed by atoms with Gasteiger partial charge in [0.1, 0.15) is 18.3 Å². The third-order valence-electron chi connectivity index (χ3n) is 14.1. The van der Waals surface area contributed by atoms with Crippen molar-refractivity contribution in [3.63, 3.8) is 0 Å². The molecule has 0 fully saturated rings. The zero-order valence-electron chi connectivity index (χ0n) is 83.6. The molecule has 0 atom stereocenters. The maximum atomic E-state index is 12.7. The second-order valence-electron chi connectivity index (χ2n) is 21.5. The second kappa shape index (κ2) is 146. The number of halogens is 4. The molecule has 4 heterocycles. The number of nitro benzene ring substituents is 2. The summed E-state index contributed by atoms with van der Waals surface area (Å²) in [5, 5.41) is 51.9. The molecule has 0 aliphatic rings. The van der Waals surface area contributed by atoms with E-state index in [0.29, 0.717) is 44.8 Å². The predicted molar refractivity (Wildman–Crippen MR) is 447 cm³/mol. The Morgan fingerprint density at radius 3 is 0.910 bits per heavy atom. The number of nitrogens with two attached hydrogens (primary N) is 3. The van der Waals surface area contributed by atoms with Crippen LogP contribution in [-0.2, 0) is 506 Å². The van der Waals surface area contributed by atoms with Crippen molar-refractivity contribution in [3.05, 3.63) is 225 Å². The number of nitrogens with zero attached hydrogens (tertiary/aromatic N) is 10. The molecule has 0 bridgehead atoms. The van der Waals surface area contributed by atoms with Crippen LogP contribution in [-0.4, -0.2) is 216 Å². The summed E-state index contributed by atoms with van der Waals surface area (Å²) in [4.78, 5) is 112. The normalized spacial score (nSPS) is 7.90. The molecule has 0 aliphatic carbocycles. The van der Waals surface area contributed by atoms with Crippen LogP contribution in [0, 0.1) is 26.0 Å². The Kier molecular flexibility index (Phi) is 228. The number of ether oxygens (including phenoxy) is 6. The number of aliphatic hydroxyl groups excluding tert-OH is 1. The number of methoxy groups -OCH3 is 6. The summed E-state index contributed by atoms with van der Waals surface area (Å²) in [7, 11) is 16.6. The number of aromatic nitrogens is 8. The number of aliphatic hydroxyl groups is 1. The van der Waals surface area contributed by atoms with Gasteiger partial charge >= 0.3 is 47.2 Å². The van der Waals surface area contributed by atoms with Gasteiger partial charge < -0.3 is 92.0 Å². The number of ketones is 5. The van der Waals surface area contributed by atoms with Crippen LogP contribution >= 0.6 is 0 Å². The van der Waals surface area contributed by atoms with E-state index in [1.54, 1.807) is 140 Å². The fourth-order valence-corrected chi connectivity index (χ4v) is 8.04. The maximum Gasteiger partial charge on any atom is 1.00 e. The van der Waals surface area contributed by atoms with Gasteiger partial charge in [-0.05, 0) is 146 Å². The number of anilines is 5. The van der Waals surface area contributed by atoms with Gasteiger partial charge in [0.25, 0.3) is 18.1 Å². The number of hydrogen-bond donors (Lipinski definition) is 9. The van der Waals surface area contributed by atoms with Crippen molar-refractivity contribution < 1.29 is 602 Å². The smallest absolute Gasteiger partial charge is 0.553 e. The van der Waals surface area contributed by atoms with Crippen molar-refractivity contribution >= 4 is 103 Å². The summed E-state index contributed by atoms with van der Waals surface area (Å²) in [6.45, 7) is 10.3. The van der Waals surface area contributed by atoms with Crippen LogP contribution in [0.3, 0.4) is 0 Å². The zero-order valence-corrected chi connectivity index (χ0v) is 118. The molecule has 0 unspecified atom stereocenters. The first-order valence-electron chi connectivity index (χ1n) is 35.3. The molecular weight excluding hydrogens is 2860 g/mol. The number of imidazole rings is 4. The largest absolute Gasteiger partial charge is 1.00 e. The Morgan fingerprint density at radius 1 is 0.458 bits per heavy atom. The summed E-state index contributed by atoms with van der Waals surface area (Å²) < 4.78 is 93.9. The van der Waals surface area contributed by atoms with Gasteiger partial charge in [0.2, 0.25) is 5.82 Å². The van der Waals surface area contributed by atoms with E-state index in [4.69, 9.17) is 51.1 Å². The molecule has 4 aromatic heterocycles. The molecule has 13 N–H and O–H groups in total. The number of nitrogen functional groups attached to an aromatic ring is 2. The predicted octanol–water partition coefficient (Wildman–Crippen LogP) is 10.6. The monoisotopic (exact) mass is 2970 g/mol. The minimum atomic E-state index is -1.00. The molecule has 10 rings (SSSR count). The molecule has 10 aromatic rings. The van der Waals surface area contributed by atoms with Gasteiger partial charge in [-0.1, -0.05) is 7.43 Å². The minimum absolute atomic E-state index is 0. The number of nitro groups is 2. The van der Waals surface area contributed by atoms with E-state index in [1.165, 1.54) is 117 Å². The Bertz CT molecular complexity index is 4500. The van der Waals surface area contributed by atoms with Crippen LogP contribution in [0.2, 0.25) is 0 Å². The van der Waals surface area contributed by atoms with Gasteiger partial charge in [0.05, 0.1) is 98.5 Å². The van der Waals surface area contributed by atoms with E-state index in [9.17, 15) is 71.4 Å². The number of carboxylic acid groups (broad SMARTS) is 1. The van der Waals surface area contributed by atoms with Crippen LogP contribution in [0.5, 0.6) is 0 Å². The summed E-state index contributed by atoms with van der Waals surface area (Å²) >= 11 is 0. The summed E-state index contributed by atoms with van der Waals surface area (Å²) in [5.74, 6) is 1.64. The van der Waals surface area contributed by atoms with Crippen molar-refractivity contribution in [1.82, 2.24) is 38.2 Å². The van der Waals surface area contributed by atoms with E-state index in [-0.39, 0.29) is 559 Å². The first-order valence-corrected chi connectivity index (χ1v) is 33.2. The maximum absolute atomic E-state index is 12.7. The number of alkyl halides is 3. The SMILES string of the molecule is C.CC(=O)c1ccc(F)c([N+](=O)[O-])c1.CC(=O)c1ccc2c(c1)ncn2C.CCO.CN.CNc1ccc(C(C)=O)cc1N.CNc1ccc(C(C)=O)cc1N.CNc1ccc(C(C)=O)cc1[N+](=O)[O-].COC(C)(OC)OC.COC(OC)OC.Cn1cnc2cc(C(=O)O)ccc21.O=C(n1ccnc1)n1ccnc1.[2H]CF.[2H]CF.[2H]CF.[NH-]O.[Na+].[V].[V].[V].[V].[V].[V].[V].[V].[V].[V].[V].[V].[V].[V].[V].[V].[V].[V].[V].[V].[V].[V].[V].[V].[V]. The fourth-order valence-electron chi connectivity index (χ4n) is 8.04. The number of carbonyl (C=O) groups is 7. The number of rotatable bonds is 17. The third kappa shape index (κ3) is 99.2. The fraction of sp³-hybridized carbons (Fsp3) is 0.338. The summed E-state index contributed by atoms with van der Waals surface area (Å²) in [6, 6.07) is 28.1. The van der Waals surface area contributed by atoms with Gasteiger partial charge in [-0.3, -0.25) is 66.5 Å². The first-order chi connectivity index (χ1) is 56.8. The summed E-state index contributed by atoms with van der Waals surface area (Å²) in [5.41, 5.74) is 24.7. The topological polar surface area (TPSA) is 531 Å². The van der Waals surface area contributed by atoms with E-state index >= 15 is 0 Å². The van der Waals surface area contributed by atoms with Crippen LogP contribution in [0.4, 0.5) is 62.2 Å². The number of aromatic carboxylic acids is 1. The van der Waals surface area contributed by atoms with E-state index in [1.807, 2.05) is 41.4 Å². The molecule has 6 aromatic carbocycles. The standard InChI is InChI=1S/C10H10N2O.C9H10N2O3.C9H8N2O2.2C9H12N2O.C8H6FNO3.C7H6N4O.C5H12O3.C4H10O3.C2H6O.3CH3F.CH5N.CH4.H2NO.Na.25V/c1-7(13)8-3-4-10-9(5-8)11-6-12(10)2;1-6(12)7-3-4-8(10-2)9(5-7)11(13)14;1-11-5-10-7-4-6(9(12)13)2-3-8(7)11;2*1-6(12)7-3-4-9(11-2)8(10)5-7;1-5(11)6-2-3-7(9)8(4-6)10(12)13;12-7(10-3-1-8-5-10)11-4-2-9-6-11;1-5(6-2,7-3)8-4;1-5-4(6-2)7-3;1-2-3;4*1-2;;1-2;;;;;;;;;;;;;;;;;;;;;;;;;;/h3-6H,1-2H3;3-5,10H,1-2H3;2-5H,1H3,(H,12,13);2*3-5,11H,10H2,1-2H3;2-4H,1H3;1-6H;1-4H3;4H,1-3H3;3H,2H2,1H3;3*1H3;2H2,1H3;1H4;1-2H;;;;;;;;;;;;;;;;;;;;;;;;;;/q;;;;;;;;;;;;;;;-1;+1;;;;;;;;;;;;;;;;;;;;;;;;;/i;;;;;;;;;;3*1D;;;;;;;;;;;;;;;;;;;;;;;;;;;;;. The molecule has 779 valence electrons. The Morgan fingerprint density at radius 2 is 0.694 bits per heavy atom. The Labute approximate surface area is 1160 Å². The number of aryl methyl sites for hydroxylation is 2.